The predicted molar refractivity (Wildman–Crippen MR) is 73.2 cm³/mol. The van der Waals surface area contributed by atoms with E-state index < -0.39 is 5.97 Å². The van der Waals surface area contributed by atoms with Gasteiger partial charge in [-0.1, -0.05) is 0 Å². The van der Waals surface area contributed by atoms with Crippen molar-refractivity contribution in [2.75, 3.05) is 0 Å². The van der Waals surface area contributed by atoms with E-state index in [1.807, 2.05) is 6.07 Å². The van der Waals surface area contributed by atoms with Crippen LogP contribution in [0.2, 0.25) is 0 Å². The number of carboxylic acid groups (broad SMARTS) is 1. The molecule has 2 aromatic heterocycles. The molecule has 0 bridgehead atoms. The van der Waals surface area contributed by atoms with Crippen molar-refractivity contribution in [1.82, 2.24) is 5.32 Å². The first-order chi connectivity index (χ1) is 9.63. The largest absolute Gasteiger partial charge is 0.475 e. The minimum absolute atomic E-state index is 0.121. The molecule has 0 unspecified atom stereocenters. The summed E-state index contributed by atoms with van der Waals surface area (Å²) in [6.45, 7) is 0.189. The second kappa shape index (κ2) is 5.13. The average Bonchev–Trinajstić information content (AvgIpc) is 3.10. The third-order valence-electron chi connectivity index (χ3n) is 3.27. The van der Waals surface area contributed by atoms with Gasteiger partial charge in [0.05, 0.1) is 11.4 Å². The van der Waals surface area contributed by atoms with Gasteiger partial charge in [-0.2, -0.15) is 0 Å². The molecule has 20 heavy (non-hydrogen) atoms. The van der Waals surface area contributed by atoms with E-state index in [-0.39, 0.29) is 18.2 Å². The van der Waals surface area contributed by atoms with E-state index in [1.165, 1.54) is 34.3 Å². The van der Waals surface area contributed by atoms with E-state index >= 15 is 0 Å². The minimum atomic E-state index is -1.11. The fourth-order valence-corrected chi connectivity index (χ4v) is 3.45. The molecule has 0 aromatic carbocycles. The Morgan fingerprint density at radius 1 is 1.35 bits per heavy atom. The van der Waals surface area contributed by atoms with Crippen molar-refractivity contribution in [3.8, 4) is 0 Å². The van der Waals surface area contributed by atoms with Crippen molar-refractivity contribution < 1.29 is 19.1 Å². The number of furan rings is 1. The highest BCUT2D eigenvalue weighted by Crippen LogP contribution is 2.30. The van der Waals surface area contributed by atoms with Crippen LogP contribution < -0.4 is 5.32 Å². The summed E-state index contributed by atoms with van der Waals surface area (Å²) in [6.07, 6.45) is 3.29. The smallest absolute Gasteiger partial charge is 0.371 e. The number of carbonyl (C=O) groups is 2. The lowest BCUT2D eigenvalue weighted by Crippen LogP contribution is -2.21. The van der Waals surface area contributed by atoms with Crippen molar-refractivity contribution >= 4 is 23.2 Å². The number of carboxylic acids is 1. The molecule has 3 rings (SSSR count). The van der Waals surface area contributed by atoms with E-state index in [0.717, 1.165) is 12.8 Å². The summed E-state index contributed by atoms with van der Waals surface area (Å²) in [7, 11) is 0. The monoisotopic (exact) mass is 291 g/mol. The number of fused-ring (bicyclic) bond motifs is 1. The van der Waals surface area contributed by atoms with Gasteiger partial charge in [-0.05, 0) is 43.0 Å². The summed E-state index contributed by atoms with van der Waals surface area (Å²) < 4.78 is 5.08. The normalized spacial score (nSPS) is 13.2. The van der Waals surface area contributed by atoms with Crippen molar-refractivity contribution in [1.29, 1.82) is 0 Å². The van der Waals surface area contributed by atoms with E-state index in [1.54, 1.807) is 6.07 Å². The van der Waals surface area contributed by atoms with Gasteiger partial charge in [-0.25, -0.2) is 4.79 Å². The molecule has 0 spiro atoms. The first-order valence-corrected chi connectivity index (χ1v) is 7.17. The number of aromatic carboxylic acids is 1. The van der Waals surface area contributed by atoms with E-state index in [4.69, 9.17) is 9.52 Å². The molecule has 104 valence electrons. The van der Waals surface area contributed by atoms with Gasteiger partial charge >= 0.3 is 5.97 Å². The van der Waals surface area contributed by atoms with E-state index in [9.17, 15) is 9.59 Å². The molecule has 1 amide bonds. The Hall–Kier alpha value is -2.08. The third-order valence-corrected chi connectivity index (χ3v) is 4.50. The van der Waals surface area contributed by atoms with Crippen LogP contribution in [0.5, 0.6) is 0 Å². The van der Waals surface area contributed by atoms with Crippen molar-refractivity contribution in [3.05, 3.63) is 45.0 Å². The van der Waals surface area contributed by atoms with Gasteiger partial charge in [-0.15, -0.1) is 11.3 Å². The SMILES string of the molecule is O=C(O)c1ccc(CNC(=O)c2cc3c(s2)CCC3)o1. The third kappa shape index (κ3) is 2.46. The van der Waals surface area contributed by atoms with Crippen LogP contribution in [0.1, 0.15) is 42.8 Å². The maximum atomic E-state index is 12.0. The predicted octanol–water partition coefficient (Wildman–Crippen LogP) is 2.46. The molecule has 0 radical (unpaired) electrons. The maximum Gasteiger partial charge on any atom is 0.371 e. The van der Waals surface area contributed by atoms with Crippen LogP contribution in [0, 0.1) is 0 Å². The van der Waals surface area contributed by atoms with Gasteiger partial charge in [0.1, 0.15) is 5.76 Å². The first kappa shape index (κ1) is 12.9. The number of amides is 1. The lowest BCUT2D eigenvalue weighted by atomic mass is 10.2. The molecule has 0 saturated carbocycles. The second-order valence-electron chi connectivity index (χ2n) is 4.67. The fraction of sp³-hybridized carbons (Fsp3) is 0.286. The highest BCUT2D eigenvalue weighted by atomic mass is 32.1. The maximum absolute atomic E-state index is 12.0. The summed E-state index contributed by atoms with van der Waals surface area (Å²) in [6, 6.07) is 4.88. The average molecular weight is 291 g/mol. The van der Waals surface area contributed by atoms with Gasteiger partial charge in [0.2, 0.25) is 5.76 Å². The second-order valence-corrected chi connectivity index (χ2v) is 5.80. The molecule has 1 aliphatic carbocycles. The molecular weight excluding hydrogens is 278 g/mol. The van der Waals surface area contributed by atoms with Gasteiger partial charge < -0.3 is 14.8 Å². The summed E-state index contributed by atoms with van der Waals surface area (Å²) in [5.74, 6) is -0.945. The molecule has 0 aliphatic heterocycles. The Kier molecular flexibility index (Phi) is 3.31. The van der Waals surface area contributed by atoms with Crippen molar-refractivity contribution in [2.45, 2.75) is 25.8 Å². The Morgan fingerprint density at radius 3 is 2.90 bits per heavy atom. The van der Waals surface area contributed by atoms with Crippen molar-refractivity contribution in [3.63, 3.8) is 0 Å². The van der Waals surface area contributed by atoms with Crippen LogP contribution in [0.25, 0.3) is 0 Å². The number of thiophene rings is 1. The molecule has 0 fully saturated rings. The van der Waals surface area contributed by atoms with Gasteiger partial charge in [-0.3, -0.25) is 4.79 Å². The lowest BCUT2D eigenvalue weighted by molar-refractivity contribution is 0.0660. The number of hydrogen-bond acceptors (Lipinski definition) is 4. The number of carbonyl (C=O) groups excluding carboxylic acids is 1. The topological polar surface area (TPSA) is 79.5 Å². The summed E-state index contributed by atoms with van der Waals surface area (Å²) >= 11 is 1.54. The molecule has 0 atom stereocenters. The van der Waals surface area contributed by atoms with Gasteiger partial charge in [0.25, 0.3) is 5.91 Å². The fourth-order valence-electron chi connectivity index (χ4n) is 2.28. The minimum Gasteiger partial charge on any atom is -0.475 e. The summed E-state index contributed by atoms with van der Waals surface area (Å²) in [4.78, 5) is 24.7. The van der Waals surface area contributed by atoms with E-state index in [2.05, 4.69) is 5.32 Å². The molecular formula is C14H13NO4S. The number of aryl methyl sites for hydroxylation is 2. The zero-order chi connectivity index (χ0) is 14.1. The quantitative estimate of drug-likeness (QED) is 0.907. The molecule has 1 aliphatic rings. The van der Waals surface area contributed by atoms with Crippen LogP contribution in [0.15, 0.2) is 22.6 Å². The zero-order valence-electron chi connectivity index (χ0n) is 10.6. The zero-order valence-corrected chi connectivity index (χ0v) is 11.5. The summed E-state index contributed by atoms with van der Waals surface area (Å²) in [5.41, 5.74) is 1.28. The van der Waals surface area contributed by atoms with Gasteiger partial charge in [0, 0.05) is 4.88 Å². The summed E-state index contributed by atoms with van der Waals surface area (Å²) in [5, 5.41) is 11.5. The highest BCUT2D eigenvalue weighted by Gasteiger charge is 2.18. The Bertz CT molecular complexity index is 649. The highest BCUT2D eigenvalue weighted by molar-refractivity contribution is 7.14. The molecule has 2 aromatic rings. The van der Waals surface area contributed by atoms with Crippen LogP contribution in [0.3, 0.4) is 0 Å². The Labute approximate surface area is 119 Å². The molecule has 0 saturated heterocycles. The van der Waals surface area contributed by atoms with Gasteiger partial charge in [0.15, 0.2) is 0 Å². The first-order valence-electron chi connectivity index (χ1n) is 6.35. The molecule has 2 N–H and O–H groups in total. The lowest BCUT2D eigenvalue weighted by Gasteiger charge is -2.00. The number of hydrogen-bond donors (Lipinski definition) is 2. The number of rotatable bonds is 4. The van der Waals surface area contributed by atoms with Crippen LogP contribution in [0.4, 0.5) is 0 Å². The molecule has 5 nitrogen and oxygen atoms in total. The van der Waals surface area contributed by atoms with Crippen LogP contribution >= 0.6 is 11.3 Å². The standard InChI is InChI=1S/C14H13NO4S/c16-13(12-6-8-2-1-3-11(8)20-12)15-7-9-4-5-10(19-9)14(17)18/h4-6H,1-3,7H2,(H,15,16)(H,17,18). The Balaban J connectivity index is 1.62. The molecule has 2 heterocycles. The number of nitrogens with one attached hydrogen (secondary N) is 1. The Morgan fingerprint density at radius 2 is 2.20 bits per heavy atom. The molecule has 6 heteroatoms. The van der Waals surface area contributed by atoms with Crippen LogP contribution in [-0.2, 0) is 19.4 Å². The van der Waals surface area contributed by atoms with E-state index in [0.29, 0.717) is 10.6 Å². The van der Waals surface area contributed by atoms with Crippen molar-refractivity contribution in [2.24, 2.45) is 0 Å². The van der Waals surface area contributed by atoms with Crippen LogP contribution in [-0.4, -0.2) is 17.0 Å².